The van der Waals surface area contributed by atoms with E-state index in [-0.39, 0.29) is 6.04 Å². The van der Waals surface area contributed by atoms with Gasteiger partial charge in [0.25, 0.3) is 0 Å². The lowest BCUT2D eigenvalue weighted by molar-refractivity contribution is 0.354. The van der Waals surface area contributed by atoms with Gasteiger partial charge in [0.05, 0.1) is 20.3 Å². The highest BCUT2D eigenvalue weighted by molar-refractivity contribution is 5.44. The molecule has 0 radical (unpaired) electrons. The fourth-order valence-corrected chi connectivity index (χ4v) is 1.81. The van der Waals surface area contributed by atoms with E-state index in [9.17, 15) is 0 Å². The monoisotopic (exact) mass is 262 g/mol. The lowest BCUT2D eigenvalue weighted by atomic mass is 10.1. The normalized spacial score (nSPS) is 12.3. The van der Waals surface area contributed by atoms with Crippen LogP contribution < -0.4 is 15.2 Å². The Bertz CT molecular complexity index is 561. The van der Waals surface area contributed by atoms with Crippen molar-refractivity contribution >= 4 is 0 Å². The predicted molar refractivity (Wildman–Crippen MR) is 71.3 cm³/mol. The molecule has 19 heavy (non-hydrogen) atoms. The van der Waals surface area contributed by atoms with E-state index in [0.29, 0.717) is 17.3 Å². The Balaban J connectivity index is 2.35. The van der Waals surface area contributed by atoms with Gasteiger partial charge in [-0.15, -0.1) is 0 Å². The molecule has 0 aliphatic carbocycles. The van der Waals surface area contributed by atoms with Gasteiger partial charge in [-0.05, 0) is 24.6 Å². The maximum Gasteiger partial charge on any atom is 0.172 e. The van der Waals surface area contributed by atoms with Gasteiger partial charge in [0.1, 0.15) is 5.82 Å². The second-order valence-corrected chi connectivity index (χ2v) is 4.23. The SMILES string of the molecule is COc1ccc([C@H](N)c2nc(C)n(C)n2)cc1OC. The summed E-state index contributed by atoms with van der Waals surface area (Å²) in [6.07, 6.45) is 0. The molecule has 2 N–H and O–H groups in total. The number of aryl methyl sites for hydroxylation is 2. The number of nitrogens with two attached hydrogens (primary N) is 1. The number of hydrogen-bond donors (Lipinski definition) is 1. The molecule has 0 aliphatic heterocycles. The number of hydrogen-bond acceptors (Lipinski definition) is 5. The van der Waals surface area contributed by atoms with Crippen molar-refractivity contribution in [3.63, 3.8) is 0 Å². The molecule has 1 heterocycles. The van der Waals surface area contributed by atoms with Crippen molar-refractivity contribution in [3.05, 3.63) is 35.4 Å². The quantitative estimate of drug-likeness (QED) is 0.895. The molecule has 0 aliphatic rings. The Hall–Kier alpha value is -2.08. The van der Waals surface area contributed by atoms with Crippen LogP contribution in [0.4, 0.5) is 0 Å². The molecule has 2 rings (SSSR count). The molecule has 0 saturated heterocycles. The minimum absolute atomic E-state index is 0.389. The molecular weight excluding hydrogens is 244 g/mol. The third kappa shape index (κ3) is 2.53. The van der Waals surface area contributed by atoms with Crippen LogP contribution in [0, 0.1) is 6.92 Å². The van der Waals surface area contributed by atoms with Crippen molar-refractivity contribution in [1.29, 1.82) is 0 Å². The van der Waals surface area contributed by atoms with Gasteiger partial charge in [0.2, 0.25) is 0 Å². The van der Waals surface area contributed by atoms with Gasteiger partial charge >= 0.3 is 0 Å². The third-order valence-corrected chi connectivity index (χ3v) is 3.04. The Kier molecular flexibility index (Phi) is 3.71. The number of nitrogens with zero attached hydrogens (tertiary/aromatic N) is 3. The van der Waals surface area contributed by atoms with Crippen molar-refractivity contribution in [1.82, 2.24) is 14.8 Å². The summed E-state index contributed by atoms with van der Waals surface area (Å²) < 4.78 is 12.2. The fourth-order valence-electron chi connectivity index (χ4n) is 1.81. The first-order chi connectivity index (χ1) is 9.06. The van der Waals surface area contributed by atoms with E-state index in [4.69, 9.17) is 15.2 Å². The molecule has 0 unspecified atom stereocenters. The fraction of sp³-hybridized carbons (Fsp3) is 0.385. The second-order valence-electron chi connectivity index (χ2n) is 4.23. The van der Waals surface area contributed by atoms with E-state index in [1.807, 2.05) is 32.2 Å². The number of ether oxygens (including phenoxy) is 2. The molecule has 0 fully saturated rings. The Morgan fingerprint density at radius 3 is 2.42 bits per heavy atom. The van der Waals surface area contributed by atoms with Crippen molar-refractivity contribution in [2.75, 3.05) is 14.2 Å². The first-order valence-corrected chi connectivity index (χ1v) is 5.92. The van der Waals surface area contributed by atoms with E-state index >= 15 is 0 Å². The van der Waals surface area contributed by atoms with E-state index < -0.39 is 0 Å². The summed E-state index contributed by atoms with van der Waals surface area (Å²) in [6, 6.07) is 5.16. The standard InChI is InChI=1S/C13H18N4O2/c1-8-15-13(16-17(8)2)12(14)9-5-6-10(18-3)11(7-9)19-4/h5-7,12H,14H2,1-4H3/t12-/m0/s1. The Labute approximate surface area is 112 Å². The largest absolute Gasteiger partial charge is 0.493 e. The second kappa shape index (κ2) is 5.27. The molecule has 0 bridgehead atoms. The van der Waals surface area contributed by atoms with Gasteiger partial charge in [0.15, 0.2) is 17.3 Å². The minimum Gasteiger partial charge on any atom is -0.493 e. The smallest absolute Gasteiger partial charge is 0.172 e. The predicted octanol–water partition coefficient (Wildman–Crippen LogP) is 1.19. The Morgan fingerprint density at radius 2 is 1.89 bits per heavy atom. The first-order valence-electron chi connectivity index (χ1n) is 5.92. The zero-order valence-corrected chi connectivity index (χ0v) is 11.5. The molecular formula is C13H18N4O2. The maximum absolute atomic E-state index is 6.18. The van der Waals surface area contributed by atoms with Crippen molar-refractivity contribution < 1.29 is 9.47 Å². The van der Waals surface area contributed by atoms with Crippen LogP contribution in [0.2, 0.25) is 0 Å². The highest BCUT2D eigenvalue weighted by Gasteiger charge is 2.17. The molecule has 1 aromatic carbocycles. The summed E-state index contributed by atoms with van der Waals surface area (Å²) in [5.41, 5.74) is 7.06. The zero-order chi connectivity index (χ0) is 14.0. The van der Waals surface area contributed by atoms with Gasteiger partial charge in [-0.3, -0.25) is 4.68 Å². The van der Waals surface area contributed by atoms with Crippen molar-refractivity contribution in [3.8, 4) is 11.5 Å². The summed E-state index contributed by atoms with van der Waals surface area (Å²) >= 11 is 0. The van der Waals surface area contributed by atoms with Crippen molar-refractivity contribution in [2.45, 2.75) is 13.0 Å². The summed E-state index contributed by atoms with van der Waals surface area (Å²) in [6.45, 7) is 1.89. The Morgan fingerprint density at radius 1 is 1.21 bits per heavy atom. The molecule has 2 aromatic rings. The number of aromatic nitrogens is 3. The van der Waals surface area contributed by atoms with Crippen LogP contribution in [-0.4, -0.2) is 29.0 Å². The van der Waals surface area contributed by atoms with E-state index in [0.717, 1.165) is 11.4 Å². The number of methoxy groups -OCH3 is 2. The number of rotatable bonds is 4. The van der Waals surface area contributed by atoms with Gasteiger partial charge in [-0.25, -0.2) is 4.98 Å². The van der Waals surface area contributed by atoms with Crippen LogP contribution in [0.15, 0.2) is 18.2 Å². The summed E-state index contributed by atoms with van der Waals surface area (Å²) in [7, 11) is 5.03. The molecule has 1 atom stereocenters. The molecule has 6 nitrogen and oxygen atoms in total. The topological polar surface area (TPSA) is 75.2 Å². The van der Waals surface area contributed by atoms with Crippen LogP contribution in [0.5, 0.6) is 11.5 Å². The summed E-state index contributed by atoms with van der Waals surface area (Å²) in [5, 5.41) is 4.29. The summed E-state index contributed by atoms with van der Waals surface area (Å²) in [5.74, 6) is 2.73. The van der Waals surface area contributed by atoms with Gasteiger partial charge in [-0.2, -0.15) is 5.10 Å². The number of benzene rings is 1. The van der Waals surface area contributed by atoms with E-state index in [1.165, 1.54) is 0 Å². The molecule has 6 heteroatoms. The van der Waals surface area contributed by atoms with Gasteiger partial charge in [0, 0.05) is 7.05 Å². The van der Waals surface area contributed by atoms with E-state index in [2.05, 4.69) is 10.1 Å². The molecule has 0 amide bonds. The average Bonchev–Trinajstić information content (AvgIpc) is 2.77. The molecule has 0 spiro atoms. The summed E-state index contributed by atoms with van der Waals surface area (Å²) in [4.78, 5) is 4.34. The van der Waals surface area contributed by atoms with Gasteiger partial charge < -0.3 is 15.2 Å². The molecule has 0 saturated carbocycles. The maximum atomic E-state index is 6.18. The first kappa shape index (κ1) is 13.4. The molecule has 1 aromatic heterocycles. The minimum atomic E-state index is -0.389. The zero-order valence-electron chi connectivity index (χ0n) is 11.5. The average molecular weight is 262 g/mol. The lowest BCUT2D eigenvalue weighted by Crippen LogP contribution is -2.14. The molecule has 102 valence electrons. The van der Waals surface area contributed by atoms with Crippen LogP contribution in [-0.2, 0) is 7.05 Å². The highest BCUT2D eigenvalue weighted by Crippen LogP contribution is 2.30. The third-order valence-electron chi connectivity index (χ3n) is 3.04. The van der Waals surface area contributed by atoms with Crippen LogP contribution in [0.25, 0.3) is 0 Å². The van der Waals surface area contributed by atoms with Crippen LogP contribution >= 0.6 is 0 Å². The highest BCUT2D eigenvalue weighted by atomic mass is 16.5. The van der Waals surface area contributed by atoms with Crippen molar-refractivity contribution in [2.24, 2.45) is 12.8 Å². The van der Waals surface area contributed by atoms with Crippen LogP contribution in [0.3, 0.4) is 0 Å². The van der Waals surface area contributed by atoms with Gasteiger partial charge in [-0.1, -0.05) is 6.07 Å². The lowest BCUT2D eigenvalue weighted by Gasteiger charge is -2.12. The van der Waals surface area contributed by atoms with Crippen LogP contribution in [0.1, 0.15) is 23.3 Å². The van der Waals surface area contributed by atoms with E-state index in [1.54, 1.807) is 18.9 Å².